The van der Waals surface area contributed by atoms with Crippen LogP contribution in [0.5, 0.6) is 0 Å². The number of aromatic nitrogens is 2. The van der Waals surface area contributed by atoms with Crippen LogP contribution < -0.4 is 5.32 Å². The van der Waals surface area contributed by atoms with Crippen molar-refractivity contribution in [2.75, 3.05) is 17.3 Å². The molecule has 1 saturated heterocycles. The molecule has 2 aliphatic rings. The Morgan fingerprint density at radius 2 is 1.96 bits per heavy atom. The largest absolute Gasteiger partial charge is 0.352 e. The molecule has 25 heavy (non-hydrogen) atoms. The normalized spacial score (nSPS) is 23.7. The van der Waals surface area contributed by atoms with Crippen LogP contribution in [0.25, 0.3) is 0 Å². The van der Waals surface area contributed by atoms with E-state index in [9.17, 15) is 13.2 Å². The second kappa shape index (κ2) is 7.70. The molecule has 1 aromatic heterocycles. The van der Waals surface area contributed by atoms with Crippen molar-refractivity contribution in [3.8, 4) is 0 Å². The third-order valence-corrected chi connectivity index (χ3v) is 7.94. The summed E-state index contributed by atoms with van der Waals surface area (Å²) in [6, 6.07) is 0.250. The molecule has 1 atom stereocenters. The zero-order valence-corrected chi connectivity index (χ0v) is 16.6. The van der Waals surface area contributed by atoms with Crippen LogP contribution in [0.4, 0.5) is 0 Å². The molecule has 0 bridgehead atoms. The smallest absolute Gasteiger partial charge is 0.230 e. The molecule has 3 rings (SSSR count). The van der Waals surface area contributed by atoms with Crippen LogP contribution in [-0.4, -0.2) is 47.2 Å². The molecule has 1 saturated carbocycles. The Morgan fingerprint density at radius 3 is 2.60 bits per heavy atom. The van der Waals surface area contributed by atoms with Crippen LogP contribution in [0.15, 0.2) is 5.16 Å². The van der Waals surface area contributed by atoms with Gasteiger partial charge < -0.3 is 9.88 Å². The minimum atomic E-state index is -2.97. The third-order valence-electron chi connectivity index (χ3n) is 5.22. The average Bonchev–Trinajstić information content (AvgIpc) is 3.05. The monoisotopic (exact) mass is 385 g/mol. The van der Waals surface area contributed by atoms with Gasteiger partial charge in [0.05, 0.1) is 23.0 Å². The summed E-state index contributed by atoms with van der Waals surface area (Å²) in [5.74, 6) is 0.410. The van der Waals surface area contributed by atoms with Crippen LogP contribution >= 0.6 is 11.8 Å². The van der Waals surface area contributed by atoms with Gasteiger partial charge >= 0.3 is 0 Å². The highest BCUT2D eigenvalue weighted by molar-refractivity contribution is 7.99. The highest BCUT2D eigenvalue weighted by Gasteiger charge is 2.29. The summed E-state index contributed by atoms with van der Waals surface area (Å²) in [6.07, 6.45) is 6.68. The number of hydrogen-bond acceptors (Lipinski definition) is 5. The summed E-state index contributed by atoms with van der Waals surface area (Å²) in [5, 5.41) is 3.76. The number of carbonyl (C=O) groups excluding carboxylic acids is 1. The summed E-state index contributed by atoms with van der Waals surface area (Å²) in [5.41, 5.74) is 2.21. The molecule has 0 aromatic carbocycles. The topological polar surface area (TPSA) is 81.1 Å². The molecule has 6 nitrogen and oxygen atoms in total. The predicted octanol–water partition coefficient (Wildman–Crippen LogP) is 2.40. The van der Waals surface area contributed by atoms with Gasteiger partial charge in [0, 0.05) is 17.8 Å². The predicted molar refractivity (Wildman–Crippen MR) is 99.7 cm³/mol. The van der Waals surface area contributed by atoms with Crippen molar-refractivity contribution in [2.45, 2.75) is 69.6 Å². The fourth-order valence-corrected chi connectivity index (χ4v) is 6.42. The van der Waals surface area contributed by atoms with E-state index in [1.54, 1.807) is 0 Å². The average molecular weight is 386 g/mol. The van der Waals surface area contributed by atoms with Gasteiger partial charge in [0.25, 0.3) is 0 Å². The SMILES string of the molecule is Cc1nc(SCC(=O)N[C@@H]2CCS(=O)(=O)C2)n(C2CCCCC2)c1C. The first-order valence-electron chi connectivity index (χ1n) is 9.04. The molecule has 140 valence electrons. The first-order valence-corrected chi connectivity index (χ1v) is 11.8. The summed E-state index contributed by atoms with van der Waals surface area (Å²) >= 11 is 1.46. The van der Waals surface area contributed by atoms with Gasteiger partial charge in [-0.15, -0.1) is 0 Å². The maximum absolute atomic E-state index is 12.2. The lowest BCUT2D eigenvalue weighted by Gasteiger charge is -2.26. The Kier molecular flexibility index (Phi) is 5.78. The molecule has 2 fully saturated rings. The number of aryl methyl sites for hydroxylation is 1. The zero-order valence-electron chi connectivity index (χ0n) is 15.0. The highest BCUT2D eigenvalue weighted by atomic mass is 32.2. The molecule has 1 aromatic rings. The molecule has 0 spiro atoms. The van der Waals surface area contributed by atoms with E-state index in [1.165, 1.54) is 49.6 Å². The van der Waals surface area contributed by atoms with E-state index in [1.807, 2.05) is 6.92 Å². The molecule has 1 amide bonds. The van der Waals surface area contributed by atoms with Crippen molar-refractivity contribution in [1.29, 1.82) is 0 Å². The van der Waals surface area contributed by atoms with Crippen molar-refractivity contribution >= 4 is 27.5 Å². The van der Waals surface area contributed by atoms with Crippen molar-refractivity contribution < 1.29 is 13.2 Å². The van der Waals surface area contributed by atoms with Crippen LogP contribution in [0.1, 0.15) is 56.0 Å². The minimum absolute atomic E-state index is 0.0678. The van der Waals surface area contributed by atoms with E-state index < -0.39 is 9.84 Å². The van der Waals surface area contributed by atoms with Crippen molar-refractivity contribution in [3.05, 3.63) is 11.4 Å². The van der Waals surface area contributed by atoms with Crippen LogP contribution in [-0.2, 0) is 14.6 Å². The minimum Gasteiger partial charge on any atom is -0.352 e. The van der Waals surface area contributed by atoms with Crippen molar-refractivity contribution in [1.82, 2.24) is 14.9 Å². The standard InChI is InChI=1S/C17H27N3O3S2/c1-12-13(2)20(15-6-4-3-5-7-15)17(18-12)24-10-16(21)19-14-8-9-25(22,23)11-14/h14-15H,3-11H2,1-2H3,(H,19,21)/t14-/m1/s1. The van der Waals surface area contributed by atoms with E-state index in [-0.39, 0.29) is 29.2 Å². The molecule has 0 unspecified atom stereocenters. The number of nitrogens with one attached hydrogen (secondary N) is 1. The lowest BCUT2D eigenvalue weighted by atomic mass is 9.95. The zero-order chi connectivity index (χ0) is 18.0. The quantitative estimate of drug-likeness (QED) is 0.787. The number of amides is 1. The Bertz CT molecular complexity index is 737. The van der Waals surface area contributed by atoms with Crippen LogP contribution in [0, 0.1) is 13.8 Å². The van der Waals surface area contributed by atoms with E-state index in [4.69, 9.17) is 0 Å². The van der Waals surface area contributed by atoms with E-state index in [2.05, 4.69) is 21.8 Å². The molecule has 1 N–H and O–H groups in total. The molecule has 1 aliphatic heterocycles. The molecule has 1 aliphatic carbocycles. The van der Waals surface area contributed by atoms with E-state index in [0.717, 1.165) is 10.9 Å². The van der Waals surface area contributed by atoms with Crippen molar-refractivity contribution in [3.63, 3.8) is 0 Å². The van der Waals surface area contributed by atoms with Gasteiger partial charge in [0.2, 0.25) is 5.91 Å². The highest BCUT2D eigenvalue weighted by Crippen LogP contribution is 2.34. The Balaban J connectivity index is 1.61. The fourth-order valence-electron chi connectivity index (χ4n) is 3.78. The van der Waals surface area contributed by atoms with Gasteiger partial charge in [-0.05, 0) is 33.1 Å². The number of rotatable bonds is 5. The van der Waals surface area contributed by atoms with Gasteiger partial charge in [0.1, 0.15) is 0 Å². The van der Waals surface area contributed by atoms with E-state index >= 15 is 0 Å². The molecule has 2 heterocycles. The van der Waals surface area contributed by atoms with Crippen molar-refractivity contribution in [2.24, 2.45) is 0 Å². The van der Waals surface area contributed by atoms with Gasteiger partial charge in [-0.1, -0.05) is 31.0 Å². The van der Waals surface area contributed by atoms with E-state index in [0.29, 0.717) is 12.5 Å². The number of carbonyl (C=O) groups is 1. The number of nitrogens with zero attached hydrogens (tertiary/aromatic N) is 2. The first kappa shape index (κ1) is 18.8. The Morgan fingerprint density at radius 1 is 1.24 bits per heavy atom. The Labute approximate surface area is 154 Å². The van der Waals surface area contributed by atoms with Crippen LogP contribution in [0.2, 0.25) is 0 Å². The lowest BCUT2D eigenvalue weighted by molar-refractivity contribution is -0.119. The van der Waals surface area contributed by atoms with Gasteiger partial charge in [-0.3, -0.25) is 4.79 Å². The van der Waals surface area contributed by atoms with Crippen LogP contribution in [0.3, 0.4) is 0 Å². The number of sulfone groups is 1. The molecular weight excluding hydrogens is 358 g/mol. The third kappa shape index (κ3) is 4.58. The van der Waals surface area contributed by atoms with Gasteiger partial charge in [-0.2, -0.15) is 0 Å². The Hall–Kier alpha value is -1.02. The second-order valence-electron chi connectivity index (χ2n) is 7.18. The summed E-state index contributed by atoms with van der Waals surface area (Å²) in [7, 11) is -2.97. The van der Waals surface area contributed by atoms with Gasteiger partial charge in [-0.25, -0.2) is 13.4 Å². The number of thioether (sulfide) groups is 1. The summed E-state index contributed by atoms with van der Waals surface area (Å²) < 4.78 is 25.3. The molecule has 8 heteroatoms. The van der Waals surface area contributed by atoms with Gasteiger partial charge in [0.15, 0.2) is 15.0 Å². The second-order valence-corrected chi connectivity index (χ2v) is 10.4. The molecule has 0 radical (unpaired) electrons. The first-order chi connectivity index (χ1) is 11.9. The number of imidazole rings is 1. The summed E-state index contributed by atoms with van der Waals surface area (Å²) in [4.78, 5) is 16.9. The summed E-state index contributed by atoms with van der Waals surface area (Å²) in [6.45, 7) is 4.12. The fraction of sp³-hybridized carbons (Fsp3) is 0.765. The molecular formula is C17H27N3O3S2. The maximum atomic E-state index is 12.2. The lowest BCUT2D eigenvalue weighted by Crippen LogP contribution is -2.36. The maximum Gasteiger partial charge on any atom is 0.230 e. The number of hydrogen-bond donors (Lipinski definition) is 1.